The minimum Gasteiger partial charge on any atom is -0.376 e. The Hall–Kier alpha value is -0.380. The van der Waals surface area contributed by atoms with E-state index < -0.39 is 22.8 Å². The van der Waals surface area contributed by atoms with Crippen LogP contribution in [0.3, 0.4) is 0 Å². The van der Waals surface area contributed by atoms with Gasteiger partial charge in [0.25, 0.3) is 0 Å². The van der Waals surface area contributed by atoms with Gasteiger partial charge in [0.1, 0.15) is 0 Å². The second-order valence-electron chi connectivity index (χ2n) is 3.36. The standard InChI is InChI=1S/C7H9Cl2F4N3OS/c1-3(15-16-4(14)18)2-5(17,6(8,10)11)7(9,12)13/h17H,2H2,1H3,(H3,14,16,18)/b15-3+. The number of alkyl halides is 6. The number of aliphatic hydroxyl groups is 1. The number of hydrogen-bond donors (Lipinski definition) is 3. The van der Waals surface area contributed by atoms with Crippen LogP contribution in [0.4, 0.5) is 17.6 Å². The summed E-state index contributed by atoms with van der Waals surface area (Å²) >= 11 is 13.3. The van der Waals surface area contributed by atoms with E-state index in [2.05, 4.69) is 40.5 Å². The summed E-state index contributed by atoms with van der Waals surface area (Å²) in [4.78, 5) is 0. The second kappa shape index (κ2) is 5.72. The number of nitrogens with two attached hydrogens (primary N) is 1. The molecular weight excluding hydrogens is 321 g/mol. The molecule has 0 aromatic rings. The average Bonchev–Trinajstić information content (AvgIpc) is 2.10. The van der Waals surface area contributed by atoms with E-state index in [1.807, 2.05) is 5.43 Å². The van der Waals surface area contributed by atoms with E-state index in [1.54, 1.807) is 0 Å². The first kappa shape index (κ1) is 17.6. The van der Waals surface area contributed by atoms with Gasteiger partial charge in [0, 0.05) is 12.1 Å². The lowest BCUT2D eigenvalue weighted by Gasteiger charge is -2.34. The van der Waals surface area contributed by atoms with Crippen LogP contribution in [0.15, 0.2) is 5.10 Å². The van der Waals surface area contributed by atoms with Crippen LogP contribution in [0, 0.1) is 0 Å². The Morgan fingerprint density at radius 3 is 2.00 bits per heavy atom. The van der Waals surface area contributed by atoms with Crippen molar-refractivity contribution in [3.8, 4) is 0 Å². The highest BCUT2D eigenvalue weighted by atomic mass is 35.5. The highest BCUT2D eigenvalue weighted by Gasteiger charge is 2.66. The number of nitrogens with zero attached hydrogens (tertiary/aromatic N) is 1. The number of rotatable bonds is 5. The third-order valence-corrected chi connectivity index (χ3v) is 2.52. The van der Waals surface area contributed by atoms with Crippen molar-refractivity contribution in [3.05, 3.63) is 0 Å². The molecule has 0 spiro atoms. The van der Waals surface area contributed by atoms with Crippen molar-refractivity contribution < 1.29 is 22.7 Å². The zero-order valence-electron chi connectivity index (χ0n) is 8.85. The maximum atomic E-state index is 12.9. The van der Waals surface area contributed by atoms with Gasteiger partial charge in [-0.1, -0.05) is 0 Å². The van der Waals surface area contributed by atoms with Gasteiger partial charge in [-0.15, -0.1) is 0 Å². The summed E-state index contributed by atoms with van der Waals surface area (Å²) in [5.41, 5.74) is 2.60. The van der Waals surface area contributed by atoms with Gasteiger partial charge < -0.3 is 10.8 Å². The summed E-state index contributed by atoms with van der Waals surface area (Å²) in [6.07, 6.45) is -1.30. The van der Waals surface area contributed by atoms with E-state index in [4.69, 9.17) is 5.73 Å². The van der Waals surface area contributed by atoms with Crippen molar-refractivity contribution in [2.75, 3.05) is 0 Å². The molecular formula is C7H9Cl2F4N3OS. The zero-order valence-corrected chi connectivity index (χ0v) is 11.2. The van der Waals surface area contributed by atoms with Crippen LogP contribution in [0.2, 0.25) is 0 Å². The van der Waals surface area contributed by atoms with Gasteiger partial charge in [0.05, 0.1) is 0 Å². The molecule has 0 amide bonds. The monoisotopic (exact) mass is 329 g/mol. The molecule has 0 saturated heterocycles. The molecule has 0 aliphatic rings. The molecule has 106 valence electrons. The molecule has 0 aliphatic heterocycles. The van der Waals surface area contributed by atoms with Crippen LogP contribution in [-0.4, -0.2) is 32.3 Å². The summed E-state index contributed by atoms with van der Waals surface area (Å²) in [5.74, 6) is 0. The van der Waals surface area contributed by atoms with Crippen LogP contribution in [0.25, 0.3) is 0 Å². The van der Waals surface area contributed by atoms with Gasteiger partial charge in [-0.25, -0.2) is 0 Å². The van der Waals surface area contributed by atoms with Gasteiger partial charge in [0.2, 0.25) is 5.60 Å². The number of hydrazone groups is 1. The van der Waals surface area contributed by atoms with E-state index in [0.29, 0.717) is 0 Å². The second-order valence-corrected chi connectivity index (χ2v) is 4.74. The largest absolute Gasteiger partial charge is 0.376 e. The Kier molecular flexibility index (Phi) is 5.60. The lowest BCUT2D eigenvalue weighted by atomic mass is 9.97. The number of halogens is 6. The molecule has 0 unspecified atom stereocenters. The molecule has 0 atom stereocenters. The molecule has 0 saturated carbocycles. The molecule has 0 radical (unpaired) electrons. The van der Waals surface area contributed by atoms with E-state index in [-0.39, 0.29) is 10.8 Å². The Morgan fingerprint density at radius 1 is 1.33 bits per heavy atom. The molecule has 0 aliphatic carbocycles. The Balaban J connectivity index is 5.18. The van der Waals surface area contributed by atoms with Crippen molar-refractivity contribution >= 4 is 46.2 Å². The maximum Gasteiger partial charge on any atom is 0.357 e. The van der Waals surface area contributed by atoms with E-state index >= 15 is 0 Å². The fourth-order valence-corrected chi connectivity index (χ4v) is 1.39. The fourth-order valence-electron chi connectivity index (χ4n) is 0.921. The number of hydrogen-bond acceptors (Lipinski definition) is 3. The normalized spacial score (nSPS) is 14.6. The Labute approximate surface area is 115 Å². The maximum absolute atomic E-state index is 12.9. The van der Waals surface area contributed by atoms with Crippen LogP contribution < -0.4 is 11.2 Å². The zero-order chi connectivity index (χ0) is 14.8. The first-order chi connectivity index (χ1) is 7.81. The summed E-state index contributed by atoms with van der Waals surface area (Å²) in [6, 6.07) is 0. The number of nitrogens with one attached hydrogen (secondary N) is 1. The van der Waals surface area contributed by atoms with Crippen LogP contribution in [0.5, 0.6) is 0 Å². The third kappa shape index (κ3) is 4.38. The molecule has 11 heteroatoms. The highest BCUT2D eigenvalue weighted by molar-refractivity contribution is 7.80. The summed E-state index contributed by atoms with van der Waals surface area (Å²) in [6.45, 7) is 1.07. The Bertz CT molecular complexity index is 342. The van der Waals surface area contributed by atoms with Crippen molar-refractivity contribution in [1.82, 2.24) is 5.43 Å². The predicted molar refractivity (Wildman–Crippen MR) is 64.2 cm³/mol. The van der Waals surface area contributed by atoms with Gasteiger partial charge in [-0.2, -0.15) is 22.7 Å². The topological polar surface area (TPSA) is 70.6 Å². The van der Waals surface area contributed by atoms with Gasteiger partial charge in [-0.3, -0.25) is 5.43 Å². The molecule has 4 N–H and O–H groups in total. The summed E-state index contributed by atoms with van der Waals surface area (Å²) < 4.78 is 51.4. The lowest BCUT2D eigenvalue weighted by molar-refractivity contribution is -0.212. The van der Waals surface area contributed by atoms with Crippen molar-refractivity contribution in [3.63, 3.8) is 0 Å². The third-order valence-electron chi connectivity index (χ3n) is 1.81. The van der Waals surface area contributed by atoms with Crippen LogP contribution in [0.1, 0.15) is 13.3 Å². The molecule has 0 bridgehead atoms. The van der Waals surface area contributed by atoms with Gasteiger partial charge >= 0.3 is 10.8 Å². The average molecular weight is 330 g/mol. The van der Waals surface area contributed by atoms with E-state index in [1.165, 1.54) is 0 Å². The predicted octanol–water partition coefficient (Wildman–Crippen LogP) is 1.98. The lowest BCUT2D eigenvalue weighted by Crippen LogP contribution is -2.56. The minimum atomic E-state index is -4.67. The SMILES string of the molecule is C/C(CC(O)(C(F)(F)Cl)C(F)(F)Cl)=N\NC(N)=S. The molecule has 0 fully saturated rings. The van der Waals surface area contributed by atoms with Gasteiger partial charge in [0.15, 0.2) is 5.11 Å². The molecule has 18 heavy (non-hydrogen) atoms. The van der Waals surface area contributed by atoms with Gasteiger partial charge in [-0.05, 0) is 42.3 Å². The fraction of sp³-hybridized carbons (Fsp3) is 0.714. The van der Waals surface area contributed by atoms with Crippen molar-refractivity contribution in [2.45, 2.75) is 29.7 Å². The first-order valence-corrected chi connectivity index (χ1v) is 5.42. The van der Waals surface area contributed by atoms with Crippen molar-refractivity contribution in [2.24, 2.45) is 10.8 Å². The molecule has 0 aromatic carbocycles. The Morgan fingerprint density at radius 2 is 1.72 bits per heavy atom. The van der Waals surface area contributed by atoms with E-state index in [0.717, 1.165) is 6.92 Å². The smallest absolute Gasteiger partial charge is 0.357 e. The van der Waals surface area contributed by atoms with Crippen LogP contribution >= 0.6 is 35.4 Å². The number of thiocarbonyl (C=S) groups is 1. The highest BCUT2D eigenvalue weighted by Crippen LogP contribution is 2.48. The molecule has 0 rings (SSSR count). The van der Waals surface area contributed by atoms with Crippen LogP contribution in [-0.2, 0) is 0 Å². The molecule has 4 nitrogen and oxygen atoms in total. The van der Waals surface area contributed by atoms with Crippen molar-refractivity contribution in [1.29, 1.82) is 0 Å². The quantitative estimate of drug-likeness (QED) is 0.237. The molecule has 0 heterocycles. The minimum absolute atomic E-state index is 0.312. The summed E-state index contributed by atoms with van der Waals surface area (Å²) in [5, 5.41) is 2.93. The first-order valence-electron chi connectivity index (χ1n) is 4.25. The summed E-state index contributed by atoms with van der Waals surface area (Å²) in [7, 11) is 0. The van der Waals surface area contributed by atoms with E-state index in [9.17, 15) is 22.7 Å². The molecule has 0 aromatic heterocycles.